The molecule has 0 saturated carbocycles. The van der Waals surface area contributed by atoms with Crippen molar-refractivity contribution in [2.24, 2.45) is 5.16 Å². The number of imide groups is 1. The summed E-state index contributed by atoms with van der Waals surface area (Å²) < 4.78 is 5.94. The molecule has 7 heteroatoms. The number of carbonyl (C=O) groups is 2. The molecule has 1 heterocycles. The number of hydrogen-bond donors (Lipinski definition) is 1. The van der Waals surface area contributed by atoms with E-state index in [4.69, 9.17) is 21.5 Å². The van der Waals surface area contributed by atoms with Crippen LogP contribution in [0.3, 0.4) is 0 Å². The molecule has 1 aliphatic heterocycles. The van der Waals surface area contributed by atoms with Gasteiger partial charge in [0.1, 0.15) is 11.9 Å². The van der Waals surface area contributed by atoms with Crippen molar-refractivity contribution < 1.29 is 19.5 Å². The average molecular weight is 391 g/mol. The van der Waals surface area contributed by atoms with E-state index >= 15 is 0 Å². The van der Waals surface area contributed by atoms with Crippen molar-refractivity contribution in [3.05, 3.63) is 34.4 Å². The van der Waals surface area contributed by atoms with Crippen LogP contribution in [0.5, 0.6) is 5.75 Å². The molecule has 0 bridgehead atoms. The average Bonchev–Trinajstić information content (AvgIpc) is 2.93. The summed E-state index contributed by atoms with van der Waals surface area (Å²) in [5, 5.41) is 12.7. The minimum absolute atomic E-state index is 0.249. The molecule has 0 saturated heterocycles. The minimum atomic E-state index is -0.441. The fraction of sp³-hybridized carbons (Fsp3) is 0.450. The van der Waals surface area contributed by atoms with Crippen LogP contribution < -0.4 is 9.64 Å². The number of rotatable bonds is 6. The molecule has 1 atom stereocenters. The van der Waals surface area contributed by atoms with Gasteiger partial charge in [0.2, 0.25) is 0 Å². The SMILES string of the molecule is CCCC(Oc1cc(N2C(=O)C3=C(CCCC3)C2=O)ccc1Cl)/C(C)=N\O. The number of carbonyl (C=O) groups excluding carboxylic acids is 2. The minimum Gasteiger partial charge on any atom is -0.483 e. The normalized spacial score (nSPS) is 18.8. The van der Waals surface area contributed by atoms with Crippen LogP contribution >= 0.6 is 11.6 Å². The molecule has 27 heavy (non-hydrogen) atoms. The molecular formula is C20H23ClN2O4. The van der Waals surface area contributed by atoms with Gasteiger partial charge < -0.3 is 9.94 Å². The number of amides is 2. The maximum Gasteiger partial charge on any atom is 0.261 e. The summed E-state index contributed by atoms with van der Waals surface area (Å²) in [4.78, 5) is 26.7. The fourth-order valence-corrected chi connectivity index (χ4v) is 3.69. The molecule has 0 radical (unpaired) electrons. The summed E-state index contributed by atoms with van der Waals surface area (Å²) in [5.41, 5.74) is 2.14. The molecule has 6 nitrogen and oxygen atoms in total. The fourth-order valence-electron chi connectivity index (χ4n) is 3.53. The van der Waals surface area contributed by atoms with E-state index in [1.807, 2.05) is 6.92 Å². The van der Waals surface area contributed by atoms with E-state index in [1.54, 1.807) is 25.1 Å². The summed E-state index contributed by atoms with van der Waals surface area (Å²) >= 11 is 6.26. The maximum absolute atomic E-state index is 12.7. The predicted molar refractivity (Wildman–Crippen MR) is 104 cm³/mol. The predicted octanol–water partition coefficient (Wildman–Crippen LogP) is 4.48. The maximum atomic E-state index is 12.7. The number of anilines is 1. The zero-order valence-corrected chi connectivity index (χ0v) is 16.3. The molecule has 1 unspecified atom stereocenters. The topological polar surface area (TPSA) is 79.2 Å². The van der Waals surface area contributed by atoms with E-state index in [2.05, 4.69) is 5.16 Å². The second-order valence-electron chi connectivity index (χ2n) is 6.86. The van der Waals surface area contributed by atoms with Gasteiger partial charge in [0.15, 0.2) is 0 Å². The van der Waals surface area contributed by atoms with Crippen LogP contribution in [-0.2, 0) is 9.59 Å². The molecule has 2 amide bonds. The third-order valence-electron chi connectivity index (χ3n) is 5.01. The molecule has 1 aliphatic carbocycles. The van der Waals surface area contributed by atoms with E-state index in [9.17, 15) is 9.59 Å². The highest BCUT2D eigenvalue weighted by atomic mass is 35.5. The van der Waals surface area contributed by atoms with Crippen LogP contribution in [0.2, 0.25) is 5.02 Å². The molecule has 1 aromatic carbocycles. The summed E-state index contributed by atoms with van der Waals surface area (Å²) in [5.74, 6) is -0.150. The largest absolute Gasteiger partial charge is 0.483 e. The van der Waals surface area contributed by atoms with E-state index < -0.39 is 6.10 Å². The number of hydrogen-bond acceptors (Lipinski definition) is 5. The molecule has 144 valence electrons. The first-order valence-electron chi connectivity index (χ1n) is 9.23. The summed E-state index contributed by atoms with van der Waals surface area (Å²) in [6.45, 7) is 3.67. The highest BCUT2D eigenvalue weighted by molar-refractivity contribution is 6.34. The van der Waals surface area contributed by atoms with Gasteiger partial charge in [-0.1, -0.05) is 30.1 Å². The number of nitrogens with zero attached hydrogens (tertiary/aromatic N) is 2. The zero-order valence-electron chi connectivity index (χ0n) is 15.5. The van der Waals surface area contributed by atoms with Gasteiger partial charge in [0, 0.05) is 17.2 Å². The lowest BCUT2D eigenvalue weighted by molar-refractivity contribution is -0.120. The summed E-state index contributed by atoms with van der Waals surface area (Å²) in [7, 11) is 0. The lowest BCUT2D eigenvalue weighted by Crippen LogP contribution is -2.31. The number of oxime groups is 1. The van der Waals surface area contributed by atoms with Gasteiger partial charge in [-0.15, -0.1) is 0 Å². The second-order valence-corrected chi connectivity index (χ2v) is 7.27. The van der Waals surface area contributed by atoms with Crippen LogP contribution in [0, 0.1) is 0 Å². The highest BCUT2D eigenvalue weighted by Gasteiger charge is 2.39. The van der Waals surface area contributed by atoms with Crippen molar-refractivity contribution in [2.75, 3.05) is 4.90 Å². The summed E-state index contributed by atoms with van der Waals surface area (Å²) in [6.07, 6.45) is 4.20. The molecule has 2 aliphatic rings. The van der Waals surface area contributed by atoms with Gasteiger partial charge in [-0.2, -0.15) is 0 Å². The first-order valence-corrected chi connectivity index (χ1v) is 9.61. The third kappa shape index (κ3) is 3.72. The Labute approximate surface area is 163 Å². The first kappa shape index (κ1) is 19.4. The van der Waals surface area contributed by atoms with Gasteiger partial charge in [0.25, 0.3) is 11.8 Å². The molecule has 0 aromatic heterocycles. The number of ether oxygens (including phenoxy) is 1. The Bertz CT molecular complexity index is 803. The van der Waals surface area contributed by atoms with Crippen LogP contribution in [-0.4, -0.2) is 28.8 Å². The van der Waals surface area contributed by atoms with E-state index in [0.717, 1.165) is 19.3 Å². The Morgan fingerprint density at radius 1 is 1.26 bits per heavy atom. The highest BCUT2D eigenvalue weighted by Crippen LogP contribution is 2.38. The van der Waals surface area contributed by atoms with Crippen LogP contribution in [0.1, 0.15) is 52.4 Å². The molecule has 0 fully saturated rings. The van der Waals surface area contributed by atoms with Crippen LogP contribution in [0.25, 0.3) is 0 Å². The summed E-state index contributed by atoms with van der Waals surface area (Å²) in [6, 6.07) is 4.85. The van der Waals surface area contributed by atoms with Gasteiger partial charge in [0.05, 0.1) is 16.4 Å². The van der Waals surface area contributed by atoms with Gasteiger partial charge in [-0.05, 0) is 51.2 Å². The van der Waals surface area contributed by atoms with Crippen LogP contribution in [0.15, 0.2) is 34.5 Å². The zero-order chi connectivity index (χ0) is 19.6. The lowest BCUT2D eigenvalue weighted by Gasteiger charge is -2.21. The standard InChI is InChI=1S/C20H23ClN2O4/c1-3-6-17(12(2)22-26)27-18-11-13(9-10-16(18)21)23-19(24)14-7-4-5-8-15(14)20(23)25/h9-11,17,26H,3-8H2,1-2H3/b22-12-. The molecule has 3 rings (SSSR count). The second kappa shape index (κ2) is 8.13. The Balaban J connectivity index is 1.90. The molecule has 1 aromatic rings. The number of benzene rings is 1. The van der Waals surface area contributed by atoms with E-state index in [0.29, 0.717) is 52.6 Å². The van der Waals surface area contributed by atoms with Gasteiger partial charge >= 0.3 is 0 Å². The van der Waals surface area contributed by atoms with Crippen molar-refractivity contribution >= 4 is 34.8 Å². The molecular weight excluding hydrogens is 368 g/mol. The van der Waals surface area contributed by atoms with Crippen LogP contribution in [0.4, 0.5) is 5.69 Å². The smallest absolute Gasteiger partial charge is 0.261 e. The van der Waals surface area contributed by atoms with Crippen molar-refractivity contribution in [1.82, 2.24) is 0 Å². The Morgan fingerprint density at radius 3 is 2.44 bits per heavy atom. The van der Waals surface area contributed by atoms with Crippen molar-refractivity contribution in [2.45, 2.75) is 58.5 Å². The Hall–Kier alpha value is -2.34. The van der Waals surface area contributed by atoms with E-state index in [1.165, 1.54) is 4.90 Å². The molecule has 0 spiro atoms. The van der Waals surface area contributed by atoms with E-state index in [-0.39, 0.29) is 11.8 Å². The third-order valence-corrected chi connectivity index (χ3v) is 5.32. The van der Waals surface area contributed by atoms with Gasteiger partial charge in [-0.3, -0.25) is 9.59 Å². The first-order chi connectivity index (χ1) is 13.0. The van der Waals surface area contributed by atoms with Crippen molar-refractivity contribution in [1.29, 1.82) is 0 Å². The number of halogens is 1. The Morgan fingerprint density at radius 2 is 1.89 bits per heavy atom. The molecule has 1 N–H and O–H groups in total. The van der Waals surface area contributed by atoms with Gasteiger partial charge in [-0.25, -0.2) is 4.90 Å². The monoisotopic (exact) mass is 390 g/mol. The lowest BCUT2D eigenvalue weighted by atomic mass is 9.93. The van der Waals surface area contributed by atoms with Crippen molar-refractivity contribution in [3.63, 3.8) is 0 Å². The quantitative estimate of drug-likeness (QED) is 0.336. The van der Waals surface area contributed by atoms with Crippen molar-refractivity contribution in [3.8, 4) is 5.75 Å². The Kier molecular flexibility index (Phi) is 5.85.